The number of halogens is 1. The zero-order valence-electron chi connectivity index (χ0n) is 11.7. The van der Waals surface area contributed by atoms with Crippen LogP contribution < -0.4 is 4.72 Å². The number of nitrogens with one attached hydrogen (secondary N) is 1. The molecule has 112 valence electrons. The number of benzene rings is 2. The van der Waals surface area contributed by atoms with Crippen molar-refractivity contribution in [1.29, 1.82) is 0 Å². The Morgan fingerprint density at radius 3 is 2.38 bits per heavy atom. The van der Waals surface area contributed by atoms with Crippen LogP contribution in [-0.2, 0) is 16.6 Å². The van der Waals surface area contributed by atoms with Gasteiger partial charge in [0.05, 0.1) is 11.5 Å². The molecule has 0 unspecified atom stereocenters. The summed E-state index contributed by atoms with van der Waals surface area (Å²) in [5.74, 6) is 0. The maximum atomic E-state index is 12.4. The summed E-state index contributed by atoms with van der Waals surface area (Å²) >= 11 is 3.37. The molecule has 0 amide bonds. The van der Waals surface area contributed by atoms with E-state index in [0.717, 1.165) is 15.6 Å². The lowest BCUT2D eigenvalue weighted by molar-refractivity contribution is 0.281. The molecule has 2 aromatic rings. The van der Waals surface area contributed by atoms with E-state index in [4.69, 9.17) is 0 Å². The van der Waals surface area contributed by atoms with Crippen molar-refractivity contribution in [1.82, 2.24) is 0 Å². The molecule has 0 saturated carbocycles. The molecule has 0 saturated heterocycles. The van der Waals surface area contributed by atoms with Gasteiger partial charge in [-0.2, -0.15) is 0 Å². The van der Waals surface area contributed by atoms with Gasteiger partial charge in [0, 0.05) is 10.2 Å². The number of aliphatic hydroxyl groups is 1. The Bertz CT molecular complexity index is 772. The number of rotatable bonds is 4. The topological polar surface area (TPSA) is 66.4 Å². The van der Waals surface area contributed by atoms with Crippen LogP contribution in [0.25, 0.3) is 0 Å². The van der Waals surface area contributed by atoms with E-state index in [9.17, 15) is 13.5 Å². The van der Waals surface area contributed by atoms with Crippen molar-refractivity contribution in [3.63, 3.8) is 0 Å². The number of hydrogen-bond acceptors (Lipinski definition) is 3. The highest BCUT2D eigenvalue weighted by molar-refractivity contribution is 9.10. The van der Waals surface area contributed by atoms with Gasteiger partial charge in [0.2, 0.25) is 0 Å². The van der Waals surface area contributed by atoms with E-state index in [1.54, 1.807) is 18.2 Å². The Balaban J connectivity index is 2.35. The summed E-state index contributed by atoms with van der Waals surface area (Å²) in [7, 11) is -3.67. The summed E-state index contributed by atoms with van der Waals surface area (Å²) in [5, 5.41) is 9.24. The number of anilines is 1. The molecule has 6 heteroatoms. The quantitative estimate of drug-likeness (QED) is 0.867. The Morgan fingerprint density at radius 1 is 1.10 bits per heavy atom. The predicted molar refractivity (Wildman–Crippen MR) is 86.8 cm³/mol. The van der Waals surface area contributed by atoms with Gasteiger partial charge >= 0.3 is 0 Å². The molecule has 4 nitrogen and oxygen atoms in total. The standard InChI is InChI=1S/C15H16BrNO3S/c1-10-4-6-14(7-12(10)9-18)21(19,20)17-13-5-3-11(2)15(16)8-13/h3-8,17-18H,9H2,1-2H3. The second-order valence-corrected chi connectivity index (χ2v) is 7.35. The molecule has 0 spiro atoms. The van der Waals surface area contributed by atoms with E-state index in [1.807, 2.05) is 19.9 Å². The van der Waals surface area contributed by atoms with Crippen molar-refractivity contribution in [2.75, 3.05) is 4.72 Å². The van der Waals surface area contributed by atoms with Crippen LogP contribution in [0.3, 0.4) is 0 Å². The van der Waals surface area contributed by atoms with Crippen molar-refractivity contribution in [2.45, 2.75) is 25.3 Å². The molecule has 0 bridgehead atoms. The maximum Gasteiger partial charge on any atom is 0.261 e. The molecule has 2 aromatic carbocycles. The molecule has 0 aliphatic carbocycles. The second-order valence-electron chi connectivity index (χ2n) is 4.82. The van der Waals surface area contributed by atoms with E-state index < -0.39 is 10.0 Å². The monoisotopic (exact) mass is 369 g/mol. The first-order chi connectivity index (χ1) is 9.83. The van der Waals surface area contributed by atoms with Crippen molar-refractivity contribution in [2.24, 2.45) is 0 Å². The minimum atomic E-state index is -3.67. The van der Waals surface area contributed by atoms with Crippen molar-refractivity contribution in [3.05, 3.63) is 57.6 Å². The summed E-state index contributed by atoms with van der Waals surface area (Å²) in [6.07, 6.45) is 0. The number of sulfonamides is 1. The predicted octanol–water partition coefficient (Wildman–Crippen LogP) is 3.36. The van der Waals surface area contributed by atoms with Gasteiger partial charge in [-0.05, 0) is 54.8 Å². The van der Waals surface area contributed by atoms with E-state index in [0.29, 0.717) is 11.3 Å². The molecule has 0 heterocycles. The van der Waals surface area contributed by atoms with Gasteiger partial charge in [0.25, 0.3) is 10.0 Å². The molecule has 0 radical (unpaired) electrons. The lowest BCUT2D eigenvalue weighted by atomic mass is 10.1. The van der Waals surface area contributed by atoms with Crippen LogP contribution in [0.5, 0.6) is 0 Å². The average molecular weight is 370 g/mol. The normalized spacial score (nSPS) is 11.4. The first-order valence-electron chi connectivity index (χ1n) is 6.33. The highest BCUT2D eigenvalue weighted by Crippen LogP contribution is 2.24. The Morgan fingerprint density at radius 2 is 1.76 bits per heavy atom. The van der Waals surface area contributed by atoms with Crippen LogP contribution in [0, 0.1) is 13.8 Å². The largest absolute Gasteiger partial charge is 0.392 e. The molecular weight excluding hydrogens is 354 g/mol. The van der Waals surface area contributed by atoms with Crippen LogP contribution in [-0.4, -0.2) is 13.5 Å². The SMILES string of the molecule is Cc1ccc(NS(=O)(=O)c2ccc(C)c(CO)c2)cc1Br. The molecule has 2 rings (SSSR count). The van der Waals surface area contributed by atoms with Gasteiger partial charge in [-0.15, -0.1) is 0 Å². The molecule has 0 fully saturated rings. The summed E-state index contributed by atoms with van der Waals surface area (Å²) in [4.78, 5) is 0.133. The summed E-state index contributed by atoms with van der Waals surface area (Å²) < 4.78 is 28.1. The van der Waals surface area contributed by atoms with E-state index in [1.165, 1.54) is 12.1 Å². The van der Waals surface area contributed by atoms with Crippen LogP contribution >= 0.6 is 15.9 Å². The van der Waals surface area contributed by atoms with E-state index in [2.05, 4.69) is 20.7 Å². The lowest BCUT2D eigenvalue weighted by Crippen LogP contribution is -2.13. The highest BCUT2D eigenvalue weighted by atomic mass is 79.9. The average Bonchev–Trinajstić information content (AvgIpc) is 2.43. The van der Waals surface area contributed by atoms with Gasteiger partial charge < -0.3 is 5.11 Å². The van der Waals surface area contributed by atoms with Crippen LogP contribution in [0.4, 0.5) is 5.69 Å². The van der Waals surface area contributed by atoms with Crippen LogP contribution in [0.2, 0.25) is 0 Å². The van der Waals surface area contributed by atoms with Gasteiger partial charge in [0.15, 0.2) is 0 Å². The Kier molecular flexibility index (Phi) is 4.70. The Hall–Kier alpha value is -1.37. The van der Waals surface area contributed by atoms with Crippen LogP contribution in [0.15, 0.2) is 45.8 Å². The first kappa shape index (κ1) is 16.0. The fourth-order valence-corrected chi connectivity index (χ4v) is 3.33. The third-order valence-electron chi connectivity index (χ3n) is 3.23. The molecule has 0 aliphatic rings. The first-order valence-corrected chi connectivity index (χ1v) is 8.60. The second kappa shape index (κ2) is 6.17. The van der Waals surface area contributed by atoms with Gasteiger partial charge in [-0.25, -0.2) is 8.42 Å². The summed E-state index contributed by atoms with van der Waals surface area (Å²) in [6.45, 7) is 3.56. The third-order valence-corrected chi connectivity index (χ3v) is 5.46. The minimum Gasteiger partial charge on any atom is -0.392 e. The van der Waals surface area contributed by atoms with Gasteiger partial charge in [-0.3, -0.25) is 4.72 Å². The minimum absolute atomic E-state index is 0.133. The van der Waals surface area contributed by atoms with Crippen molar-refractivity contribution < 1.29 is 13.5 Å². The molecule has 21 heavy (non-hydrogen) atoms. The zero-order valence-corrected chi connectivity index (χ0v) is 14.1. The molecule has 0 aromatic heterocycles. The maximum absolute atomic E-state index is 12.4. The highest BCUT2D eigenvalue weighted by Gasteiger charge is 2.15. The van der Waals surface area contributed by atoms with Crippen molar-refractivity contribution in [3.8, 4) is 0 Å². The van der Waals surface area contributed by atoms with Crippen LogP contribution in [0.1, 0.15) is 16.7 Å². The smallest absolute Gasteiger partial charge is 0.261 e. The Labute approximate surface area is 133 Å². The third kappa shape index (κ3) is 3.64. The lowest BCUT2D eigenvalue weighted by Gasteiger charge is -2.11. The van der Waals surface area contributed by atoms with E-state index in [-0.39, 0.29) is 11.5 Å². The molecular formula is C15H16BrNO3S. The van der Waals surface area contributed by atoms with Gasteiger partial charge in [0.1, 0.15) is 0 Å². The molecule has 2 N–H and O–H groups in total. The van der Waals surface area contributed by atoms with Gasteiger partial charge in [-0.1, -0.05) is 28.1 Å². The fourth-order valence-electron chi connectivity index (χ4n) is 1.86. The molecule has 0 aliphatic heterocycles. The fraction of sp³-hybridized carbons (Fsp3) is 0.200. The number of aliphatic hydroxyl groups excluding tert-OH is 1. The summed E-state index contributed by atoms with van der Waals surface area (Å²) in [6, 6.07) is 9.95. The van der Waals surface area contributed by atoms with Crippen molar-refractivity contribution >= 4 is 31.6 Å². The summed E-state index contributed by atoms with van der Waals surface area (Å²) in [5.41, 5.74) is 2.96. The molecule has 0 atom stereocenters. The zero-order chi connectivity index (χ0) is 15.6. The van der Waals surface area contributed by atoms with E-state index >= 15 is 0 Å². The number of hydrogen-bond donors (Lipinski definition) is 2. The number of aryl methyl sites for hydroxylation is 2.